The van der Waals surface area contributed by atoms with Crippen molar-refractivity contribution < 1.29 is 9.52 Å². The van der Waals surface area contributed by atoms with Gasteiger partial charge in [-0.2, -0.15) is 0 Å². The van der Waals surface area contributed by atoms with Crippen LogP contribution in [0.3, 0.4) is 0 Å². The maximum Gasteiger partial charge on any atom is 0.346 e. The van der Waals surface area contributed by atoms with Crippen LogP contribution in [0.4, 0.5) is 0 Å². The average molecular weight is 461 g/mol. The van der Waals surface area contributed by atoms with Gasteiger partial charge in [0.2, 0.25) is 0 Å². The molecular weight excluding hydrogens is 432 g/mol. The topological polar surface area (TPSA) is 66.6 Å². The number of hydrogen-bond acceptors (Lipinski definition) is 6. The van der Waals surface area contributed by atoms with Crippen molar-refractivity contribution in [3.05, 3.63) is 58.4 Å². The van der Waals surface area contributed by atoms with Gasteiger partial charge in [0.05, 0.1) is 21.3 Å². The number of phenolic OH excluding ortho intramolecular Hbond substituents is 1. The smallest absolute Gasteiger partial charge is 0.346 e. The Morgan fingerprint density at radius 3 is 2.82 bits per heavy atom. The summed E-state index contributed by atoms with van der Waals surface area (Å²) in [5.74, 6) is 0.184. The molecule has 2 bridgehead atoms. The van der Waals surface area contributed by atoms with Crippen LogP contribution in [-0.4, -0.2) is 27.6 Å². The molecule has 2 aliphatic rings. The molecule has 1 aliphatic carbocycles. The van der Waals surface area contributed by atoms with Gasteiger partial charge in [-0.3, -0.25) is 4.90 Å². The first kappa shape index (κ1) is 20.9. The van der Waals surface area contributed by atoms with E-state index in [1.165, 1.54) is 24.2 Å². The molecular formula is C27H28N2O3S. The number of hydrogen-bond donors (Lipinski definition) is 1. The third kappa shape index (κ3) is 3.56. The lowest BCUT2D eigenvalue weighted by Crippen LogP contribution is -2.34. The average Bonchev–Trinajstić information content (AvgIpc) is 3.27. The zero-order chi connectivity index (χ0) is 23.0. The normalized spacial score (nSPS) is 24.6. The maximum absolute atomic E-state index is 13.0. The quantitative estimate of drug-likeness (QED) is 0.370. The summed E-state index contributed by atoms with van der Waals surface area (Å²) in [6.45, 7) is 8.69. The van der Waals surface area contributed by atoms with Crippen LogP contribution in [0.1, 0.15) is 45.6 Å². The molecule has 0 unspecified atom stereocenters. The van der Waals surface area contributed by atoms with E-state index in [4.69, 9.17) is 4.42 Å². The molecule has 0 radical (unpaired) electrons. The SMILES string of the molecule is CC1(C)C[C@H]2C[C@@](C)(CN2Cc2c(O)ccc3cc(-c4nc5ccccc5s4)c(=O)oc23)C1. The highest BCUT2D eigenvalue weighted by atomic mass is 32.1. The van der Waals surface area contributed by atoms with Crippen LogP contribution < -0.4 is 5.63 Å². The summed E-state index contributed by atoms with van der Waals surface area (Å²) in [7, 11) is 0. The third-order valence-corrected chi connectivity index (χ3v) is 8.46. The first-order valence-electron chi connectivity index (χ1n) is 11.6. The molecule has 170 valence electrons. The molecule has 6 heteroatoms. The lowest BCUT2D eigenvalue weighted by molar-refractivity contribution is 0.126. The number of nitrogens with zero attached hydrogens (tertiary/aromatic N) is 2. The molecule has 1 N–H and O–H groups in total. The zero-order valence-electron chi connectivity index (χ0n) is 19.2. The van der Waals surface area contributed by atoms with Gasteiger partial charge in [0.15, 0.2) is 0 Å². The summed E-state index contributed by atoms with van der Waals surface area (Å²) in [6, 6.07) is 13.7. The summed E-state index contributed by atoms with van der Waals surface area (Å²) < 4.78 is 6.90. The molecule has 2 fully saturated rings. The van der Waals surface area contributed by atoms with Gasteiger partial charge >= 0.3 is 5.63 Å². The van der Waals surface area contributed by atoms with Gasteiger partial charge in [-0.25, -0.2) is 9.78 Å². The molecule has 2 aromatic heterocycles. The minimum Gasteiger partial charge on any atom is -0.507 e. The number of fused-ring (bicyclic) bond motifs is 4. The summed E-state index contributed by atoms with van der Waals surface area (Å²) in [6.07, 6.45) is 3.56. The van der Waals surface area contributed by atoms with Crippen LogP contribution in [0.25, 0.3) is 31.8 Å². The second-order valence-electron chi connectivity index (χ2n) is 11.0. The molecule has 2 atom stereocenters. The molecule has 5 nitrogen and oxygen atoms in total. The van der Waals surface area contributed by atoms with E-state index in [0.29, 0.717) is 45.1 Å². The van der Waals surface area contributed by atoms with E-state index in [2.05, 4.69) is 30.7 Å². The molecule has 4 aromatic rings. The van der Waals surface area contributed by atoms with Crippen molar-refractivity contribution in [3.8, 4) is 16.3 Å². The predicted molar refractivity (Wildman–Crippen MR) is 133 cm³/mol. The molecule has 1 saturated heterocycles. The van der Waals surface area contributed by atoms with Crippen molar-refractivity contribution in [2.24, 2.45) is 10.8 Å². The van der Waals surface area contributed by atoms with E-state index in [1.807, 2.05) is 36.4 Å². The molecule has 1 saturated carbocycles. The number of likely N-dealkylation sites (tertiary alicyclic amines) is 1. The summed E-state index contributed by atoms with van der Waals surface area (Å²) in [4.78, 5) is 20.1. The van der Waals surface area contributed by atoms with Crippen molar-refractivity contribution in [1.82, 2.24) is 9.88 Å². The van der Waals surface area contributed by atoms with Crippen molar-refractivity contribution in [2.75, 3.05) is 6.54 Å². The second kappa shape index (κ2) is 7.15. The maximum atomic E-state index is 13.0. The Labute approximate surface area is 196 Å². The Morgan fingerprint density at radius 1 is 1.18 bits per heavy atom. The van der Waals surface area contributed by atoms with E-state index >= 15 is 0 Å². The van der Waals surface area contributed by atoms with Crippen LogP contribution in [0.15, 0.2) is 51.7 Å². The van der Waals surface area contributed by atoms with Crippen molar-refractivity contribution >= 4 is 32.5 Å². The van der Waals surface area contributed by atoms with Gasteiger partial charge in [0, 0.05) is 24.5 Å². The van der Waals surface area contributed by atoms with E-state index in [1.54, 1.807) is 6.07 Å². The first-order valence-corrected chi connectivity index (χ1v) is 12.4. The lowest BCUT2D eigenvalue weighted by atomic mass is 9.65. The van der Waals surface area contributed by atoms with Crippen LogP contribution in [-0.2, 0) is 6.54 Å². The lowest BCUT2D eigenvalue weighted by Gasteiger charge is -2.40. The summed E-state index contributed by atoms with van der Waals surface area (Å²) in [5, 5.41) is 12.2. The van der Waals surface area contributed by atoms with Gasteiger partial charge in [-0.05, 0) is 60.4 Å². The standard InChI is InChI=1S/C27H28N2O3S/c1-26(2)11-17-12-27(3,14-26)15-29(17)13-19-21(30)9-8-16-10-18(25(31)32-23(16)19)24-28-20-6-4-5-7-22(20)33-24/h4-10,17,30H,11-15H2,1-3H3/t17-,27+/m0/s1. The van der Waals surface area contributed by atoms with Gasteiger partial charge in [-0.1, -0.05) is 32.9 Å². The van der Waals surface area contributed by atoms with Crippen LogP contribution in [0, 0.1) is 10.8 Å². The highest BCUT2D eigenvalue weighted by molar-refractivity contribution is 7.21. The fraction of sp³-hybridized carbons (Fsp3) is 0.407. The molecule has 0 amide bonds. The van der Waals surface area contributed by atoms with E-state index in [9.17, 15) is 9.90 Å². The number of benzene rings is 2. The van der Waals surface area contributed by atoms with Crippen molar-refractivity contribution in [1.29, 1.82) is 0 Å². The number of para-hydroxylation sites is 1. The fourth-order valence-electron chi connectivity index (χ4n) is 6.49. The number of rotatable bonds is 3. The Hall–Kier alpha value is -2.70. The fourth-order valence-corrected chi connectivity index (χ4v) is 7.46. The van der Waals surface area contributed by atoms with E-state index in [0.717, 1.165) is 28.6 Å². The minimum atomic E-state index is -0.415. The Kier molecular flexibility index (Phi) is 4.52. The molecule has 3 heterocycles. The summed E-state index contributed by atoms with van der Waals surface area (Å²) >= 11 is 1.49. The Balaban J connectivity index is 1.40. The minimum absolute atomic E-state index is 0.184. The molecule has 0 spiro atoms. The third-order valence-electron chi connectivity index (χ3n) is 7.39. The largest absolute Gasteiger partial charge is 0.507 e. The molecule has 33 heavy (non-hydrogen) atoms. The van der Waals surface area contributed by atoms with Gasteiger partial charge in [0.25, 0.3) is 0 Å². The second-order valence-corrected chi connectivity index (χ2v) is 12.1. The first-order chi connectivity index (χ1) is 15.7. The van der Waals surface area contributed by atoms with Crippen molar-refractivity contribution in [2.45, 2.75) is 52.6 Å². The molecule has 2 aromatic carbocycles. The van der Waals surface area contributed by atoms with Gasteiger partial charge in [-0.15, -0.1) is 11.3 Å². The number of aromatic nitrogens is 1. The van der Waals surface area contributed by atoms with E-state index in [-0.39, 0.29) is 5.75 Å². The highest BCUT2D eigenvalue weighted by Gasteiger charge is 2.49. The number of thiazole rings is 1. The highest BCUT2D eigenvalue weighted by Crippen LogP contribution is 2.53. The molecule has 1 aliphatic heterocycles. The Bertz CT molecular complexity index is 1420. The predicted octanol–water partition coefficient (Wildman–Crippen LogP) is 6.18. The van der Waals surface area contributed by atoms with Crippen LogP contribution >= 0.6 is 11.3 Å². The van der Waals surface area contributed by atoms with Gasteiger partial charge in [0.1, 0.15) is 16.3 Å². The van der Waals surface area contributed by atoms with Gasteiger partial charge < -0.3 is 9.52 Å². The monoisotopic (exact) mass is 460 g/mol. The Morgan fingerprint density at radius 2 is 2.00 bits per heavy atom. The van der Waals surface area contributed by atoms with E-state index < -0.39 is 5.63 Å². The van der Waals surface area contributed by atoms with Crippen molar-refractivity contribution in [3.63, 3.8) is 0 Å². The number of phenols is 1. The van der Waals surface area contributed by atoms with Crippen LogP contribution in [0.5, 0.6) is 5.75 Å². The van der Waals surface area contributed by atoms with Crippen LogP contribution in [0.2, 0.25) is 0 Å². The number of aromatic hydroxyl groups is 1. The molecule has 6 rings (SSSR count). The summed E-state index contributed by atoms with van der Waals surface area (Å²) in [5.41, 5.74) is 2.73. The zero-order valence-corrected chi connectivity index (χ0v) is 20.0.